The lowest BCUT2D eigenvalue weighted by molar-refractivity contribution is -0.116. The molecule has 3 aromatic heterocycles. The highest BCUT2D eigenvalue weighted by molar-refractivity contribution is 7.15. The summed E-state index contributed by atoms with van der Waals surface area (Å²) < 4.78 is 1.59. The van der Waals surface area contributed by atoms with Crippen LogP contribution in [-0.2, 0) is 11.2 Å². The molecule has 0 bridgehead atoms. The van der Waals surface area contributed by atoms with Crippen LogP contribution in [0.15, 0.2) is 23.2 Å². The maximum atomic E-state index is 12.4. The first-order valence-electron chi connectivity index (χ1n) is 7.48. The Morgan fingerprint density at radius 2 is 2.25 bits per heavy atom. The Morgan fingerprint density at radius 3 is 2.92 bits per heavy atom. The van der Waals surface area contributed by atoms with Crippen LogP contribution in [0.5, 0.6) is 0 Å². The van der Waals surface area contributed by atoms with Crippen LogP contribution in [0.4, 0.5) is 5.13 Å². The normalized spacial score (nSPS) is 12.5. The SMILES string of the molecule is CC(C)Cc1nnc(NC(=O)CC(c2ccsc2)n2cnnn2)s1. The van der Waals surface area contributed by atoms with Crippen LogP contribution < -0.4 is 5.32 Å². The Balaban J connectivity index is 1.67. The summed E-state index contributed by atoms with van der Waals surface area (Å²) in [6, 6.07) is 1.73. The van der Waals surface area contributed by atoms with Gasteiger partial charge in [0, 0.05) is 6.42 Å². The van der Waals surface area contributed by atoms with E-state index in [4.69, 9.17) is 0 Å². The molecular weight excluding hydrogens is 346 g/mol. The van der Waals surface area contributed by atoms with Crippen LogP contribution in [0.3, 0.4) is 0 Å². The van der Waals surface area contributed by atoms with Gasteiger partial charge >= 0.3 is 0 Å². The molecule has 3 rings (SSSR count). The molecule has 126 valence electrons. The molecule has 0 aliphatic rings. The van der Waals surface area contributed by atoms with Gasteiger partial charge in [-0.05, 0) is 38.7 Å². The largest absolute Gasteiger partial charge is 0.300 e. The summed E-state index contributed by atoms with van der Waals surface area (Å²) in [4.78, 5) is 12.4. The monoisotopic (exact) mass is 363 g/mol. The number of nitrogens with one attached hydrogen (secondary N) is 1. The minimum atomic E-state index is -0.241. The molecule has 0 spiro atoms. The highest BCUT2D eigenvalue weighted by Gasteiger charge is 2.20. The zero-order valence-corrected chi connectivity index (χ0v) is 14.9. The number of rotatable bonds is 7. The van der Waals surface area contributed by atoms with E-state index in [0.717, 1.165) is 17.0 Å². The zero-order chi connectivity index (χ0) is 16.9. The van der Waals surface area contributed by atoms with Crippen LogP contribution in [0, 0.1) is 5.92 Å². The van der Waals surface area contributed by atoms with E-state index in [0.29, 0.717) is 11.0 Å². The van der Waals surface area contributed by atoms with Gasteiger partial charge in [-0.25, -0.2) is 4.68 Å². The second kappa shape index (κ2) is 7.58. The lowest BCUT2D eigenvalue weighted by atomic mass is 10.1. The fourth-order valence-electron chi connectivity index (χ4n) is 2.22. The number of aromatic nitrogens is 6. The Morgan fingerprint density at radius 1 is 1.38 bits per heavy atom. The van der Waals surface area contributed by atoms with Gasteiger partial charge in [-0.1, -0.05) is 25.2 Å². The lowest BCUT2D eigenvalue weighted by Gasteiger charge is -2.14. The van der Waals surface area contributed by atoms with Crippen molar-refractivity contribution < 1.29 is 4.79 Å². The topological polar surface area (TPSA) is 98.5 Å². The predicted octanol–water partition coefficient (Wildman–Crippen LogP) is 2.40. The van der Waals surface area contributed by atoms with E-state index in [2.05, 4.69) is 44.9 Å². The van der Waals surface area contributed by atoms with Crippen molar-refractivity contribution in [2.75, 3.05) is 5.32 Å². The third-order valence-electron chi connectivity index (χ3n) is 3.29. The Labute approximate surface area is 146 Å². The molecule has 0 fully saturated rings. The summed E-state index contributed by atoms with van der Waals surface area (Å²) in [6.45, 7) is 4.24. The molecule has 0 radical (unpaired) electrons. The zero-order valence-electron chi connectivity index (χ0n) is 13.3. The number of anilines is 1. The number of hydrogen-bond donors (Lipinski definition) is 1. The average Bonchev–Trinajstić information content (AvgIpc) is 3.27. The number of nitrogens with zero attached hydrogens (tertiary/aromatic N) is 6. The van der Waals surface area contributed by atoms with Gasteiger partial charge in [-0.2, -0.15) is 11.3 Å². The summed E-state index contributed by atoms with van der Waals surface area (Å²) in [5, 5.41) is 27.6. The van der Waals surface area contributed by atoms with Crippen molar-refractivity contribution in [2.24, 2.45) is 5.92 Å². The number of amides is 1. The van der Waals surface area contributed by atoms with E-state index in [1.807, 2.05) is 16.8 Å². The molecule has 0 saturated heterocycles. The molecule has 8 nitrogen and oxygen atoms in total. The molecule has 3 aromatic rings. The van der Waals surface area contributed by atoms with E-state index in [-0.39, 0.29) is 18.4 Å². The fraction of sp³-hybridized carbons (Fsp3) is 0.429. The Bertz CT molecular complexity index is 733. The van der Waals surface area contributed by atoms with Gasteiger partial charge < -0.3 is 5.32 Å². The minimum Gasteiger partial charge on any atom is -0.300 e. The number of thiophene rings is 1. The van der Waals surface area contributed by atoms with Crippen molar-refractivity contribution in [3.8, 4) is 0 Å². The summed E-state index contributed by atoms with van der Waals surface area (Å²) in [5.74, 6) is 0.359. The second-order valence-electron chi connectivity index (χ2n) is 5.71. The summed E-state index contributed by atoms with van der Waals surface area (Å²) in [5.41, 5.74) is 1.00. The van der Waals surface area contributed by atoms with Crippen molar-refractivity contribution in [3.05, 3.63) is 33.7 Å². The molecule has 0 saturated carbocycles. The maximum Gasteiger partial charge on any atom is 0.228 e. The smallest absolute Gasteiger partial charge is 0.228 e. The summed E-state index contributed by atoms with van der Waals surface area (Å²) in [7, 11) is 0. The molecule has 24 heavy (non-hydrogen) atoms. The molecule has 1 atom stereocenters. The van der Waals surface area contributed by atoms with Gasteiger partial charge in [0.15, 0.2) is 0 Å². The Hall–Kier alpha value is -2.20. The van der Waals surface area contributed by atoms with E-state index >= 15 is 0 Å². The van der Waals surface area contributed by atoms with Crippen LogP contribution in [0.1, 0.15) is 36.9 Å². The first kappa shape index (κ1) is 16.7. The third kappa shape index (κ3) is 4.20. The minimum absolute atomic E-state index is 0.144. The molecule has 0 aliphatic carbocycles. The molecule has 1 amide bonds. The Kier molecular flexibility index (Phi) is 5.26. The number of carbonyl (C=O) groups is 1. The van der Waals surface area contributed by atoms with Crippen LogP contribution in [0.25, 0.3) is 0 Å². The molecule has 0 aromatic carbocycles. The van der Waals surface area contributed by atoms with Crippen molar-refractivity contribution >= 4 is 33.7 Å². The van der Waals surface area contributed by atoms with Gasteiger partial charge in [0.1, 0.15) is 11.3 Å². The van der Waals surface area contributed by atoms with E-state index in [1.165, 1.54) is 17.7 Å². The lowest BCUT2D eigenvalue weighted by Crippen LogP contribution is -2.20. The maximum absolute atomic E-state index is 12.4. The van der Waals surface area contributed by atoms with E-state index in [1.54, 1.807) is 16.0 Å². The molecule has 10 heteroatoms. The van der Waals surface area contributed by atoms with Gasteiger partial charge in [0.2, 0.25) is 11.0 Å². The molecule has 1 N–H and O–H groups in total. The van der Waals surface area contributed by atoms with Gasteiger partial charge in [0.05, 0.1) is 12.5 Å². The van der Waals surface area contributed by atoms with E-state index in [9.17, 15) is 4.79 Å². The number of carbonyl (C=O) groups excluding carboxylic acids is 1. The first-order chi connectivity index (χ1) is 11.6. The molecule has 0 aliphatic heterocycles. The van der Waals surface area contributed by atoms with Gasteiger partial charge in [-0.15, -0.1) is 15.3 Å². The second-order valence-corrected chi connectivity index (χ2v) is 7.56. The first-order valence-corrected chi connectivity index (χ1v) is 9.24. The van der Waals surface area contributed by atoms with Crippen LogP contribution in [-0.4, -0.2) is 36.3 Å². The third-order valence-corrected chi connectivity index (χ3v) is 4.85. The average molecular weight is 363 g/mol. The summed E-state index contributed by atoms with van der Waals surface area (Å²) in [6.07, 6.45) is 2.60. The van der Waals surface area contributed by atoms with Crippen LogP contribution in [0.2, 0.25) is 0 Å². The quantitative estimate of drug-likeness (QED) is 0.692. The fourth-order valence-corrected chi connectivity index (χ4v) is 3.90. The number of tetrazole rings is 1. The predicted molar refractivity (Wildman–Crippen MR) is 92.0 cm³/mol. The standard InChI is InChI=1S/C14H17N7OS2/c1-9(2)5-13-17-18-14(24-13)16-12(22)6-11(10-3-4-23-7-10)21-8-15-19-20-21/h3-4,7-9,11H,5-6H2,1-2H3,(H,16,18,22). The summed E-state index contributed by atoms with van der Waals surface area (Å²) >= 11 is 2.98. The highest BCUT2D eigenvalue weighted by atomic mass is 32.1. The number of hydrogen-bond acceptors (Lipinski definition) is 8. The molecular formula is C14H17N7OS2. The van der Waals surface area contributed by atoms with Gasteiger partial charge in [0.25, 0.3) is 0 Å². The van der Waals surface area contributed by atoms with Gasteiger partial charge in [-0.3, -0.25) is 4.79 Å². The van der Waals surface area contributed by atoms with E-state index < -0.39 is 0 Å². The highest BCUT2D eigenvalue weighted by Crippen LogP contribution is 2.24. The molecule has 1 unspecified atom stereocenters. The van der Waals surface area contributed by atoms with Crippen molar-refractivity contribution in [1.29, 1.82) is 0 Å². The molecule has 3 heterocycles. The van der Waals surface area contributed by atoms with Crippen LogP contribution >= 0.6 is 22.7 Å². The van der Waals surface area contributed by atoms with Crippen molar-refractivity contribution in [1.82, 2.24) is 30.4 Å². The van der Waals surface area contributed by atoms with Crippen molar-refractivity contribution in [3.63, 3.8) is 0 Å². The van der Waals surface area contributed by atoms with Crippen molar-refractivity contribution in [2.45, 2.75) is 32.7 Å².